The summed E-state index contributed by atoms with van der Waals surface area (Å²) in [4.78, 5) is 24.4. The Morgan fingerprint density at radius 2 is 1.83 bits per heavy atom. The molecular weight excluding hydrogens is 324 g/mol. The lowest BCUT2D eigenvalue weighted by atomic mass is 10.1. The third kappa shape index (κ3) is 3.41. The van der Waals surface area contributed by atoms with Gasteiger partial charge in [0.25, 0.3) is 0 Å². The van der Waals surface area contributed by atoms with Gasteiger partial charge in [0.05, 0.1) is 5.69 Å². The van der Waals surface area contributed by atoms with E-state index < -0.39 is 5.97 Å². The van der Waals surface area contributed by atoms with Crippen molar-refractivity contribution in [3.8, 4) is 10.7 Å². The summed E-state index contributed by atoms with van der Waals surface area (Å²) >= 11 is 1.11. The third-order valence-corrected chi connectivity index (χ3v) is 4.51. The molecule has 3 aromatic rings. The van der Waals surface area contributed by atoms with Crippen LogP contribution in [-0.4, -0.2) is 26.0 Å². The Labute approximate surface area is 143 Å². The Morgan fingerprint density at radius 3 is 2.46 bits per heavy atom. The van der Waals surface area contributed by atoms with Crippen LogP contribution in [0.3, 0.4) is 0 Å². The molecule has 0 aliphatic rings. The summed E-state index contributed by atoms with van der Waals surface area (Å²) in [6.07, 6.45) is 1.63. The summed E-state index contributed by atoms with van der Waals surface area (Å²) in [5.74, 6) is -0.527. The smallest absolute Gasteiger partial charge is 0.347 e. The highest BCUT2D eigenvalue weighted by Gasteiger charge is 2.16. The molecule has 3 rings (SSSR count). The summed E-state index contributed by atoms with van der Waals surface area (Å²) in [6, 6.07) is 7.84. The average molecular weight is 340 g/mol. The SMILES string of the molecule is Cc1cc(C)cc(Nc2nccc(-c3nc(C)c(C(=O)O)s3)n2)c1. The summed E-state index contributed by atoms with van der Waals surface area (Å²) in [5, 5.41) is 12.9. The fourth-order valence-electron chi connectivity index (χ4n) is 2.42. The standard InChI is InChI=1S/C17H16N4O2S/c1-9-6-10(2)8-12(7-9)20-17-18-5-4-13(21-17)15-19-11(3)14(24-15)16(22)23/h4-8H,1-3H3,(H,22,23)(H,18,20,21). The maximum atomic E-state index is 11.2. The topological polar surface area (TPSA) is 88.0 Å². The van der Waals surface area contributed by atoms with Gasteiger partial charge in [-0.05, 0) is 50.1 Å². The van der Waals surface area contributed by atoms with E-state index in [1.54, 1.807) is 19.2 Å². The van der Waals surface area contributed by atoms with E-state index in [0.29, 0.717) is 22.3 Å². The van der Waals surface area contributed by atoms with Crippen molar-refractivity contribution in [2.45, 2.75) is 20.8 Å². The van der Waals surface area contributed by atoms with Crippen LogP contribution in [0.2, 0.25) is 0 Å². The van der Waals surface area contributed by atoms with Gasteiger partial charge in [0, 0.05) is 11.9 Å². The number of anilines is 2. The summed E-state index contributed by atoms with van der Waals surface area (Å²) in [6.45, 7) is 5.74. The van der Waals surface area contributed by atoms with Gasteiger partial charge in [-0.2, -0.15) is 0 Å². The predicted molar refractivity (Wildman–Crippen MR) is 94.0 cm³/mol. The first kappa shape index (κ1) is 16.1. The molecule has 2 aromatic heterocycles. The van der Waals surface area contributed by atoms with Crippen LogP contribution >= 0.6 is 11.3 Å². The number of nitrogens with one attached hydrogen (secondary N) is 1. The largest absolute Gasteiger partial charge is 0.477 e. The minimum absolute atomic E-state index is 0.229. The molecule has 0 radical (unpaired) electrons. The third-order valence-electron chi connectivity index (χ3n) is 3.34. The highest BCUT2D eigenvalue weighted by molar-refractivity contribution is 7.17. The van der Waals surface area contributed by atoms with Crippen LogP contribution in [0.25, 0.3) is 10.7 Å². The molecule has 1 aromatic carbocycles. The number of hydrogen-bond acceptors (Lipinski definition) is 6. The van der Waals surface area contributed by atoms with Crippen molar-refractivity contribution in [2.75, 3.05) is 5.32 Å². The van der Waals surface area contributed by atoms with Crippen LogP contribution in [-0.2, 0) is 0 Å². The molecule has 0 atom stereocenters. The zero-order chi connectivity index (χ0) is 17.3. The maximum Gasteiger partial charge on any atom is 0.347 e. The molecule has 2 N–H and O–H groups in total. The second-order valence-electron chi connectivity index (χ2n) is 5.51. The van der Waals surface area contributed by atoms with E-state index in [1.807, 2.05) is 26.0 Å². The number of hydrogen-bond donors (Lipinski definition) is 2. The Kier molecular flexibility index (Phi) is 4.26. The minimum atomic E-state index is -0.973. The van der Waals surface area contributed by atoms with Gasteiger partial charge in [-0.3, -0.25) is 0 Å². The van der Waals surface area contributed by atoms with E-state index >= 15 is 0 Å². The molecule has 0 unspecified atom stereocenters. The Hall–Kier alpha value is -2.80. The van der Waals surface area contributed by atoms with Crippen molar-refractivity contribution < 1.29 is 9.90 Å². The zero-order valence-electron chi connectivity index (χ0n) is 13.5. The number of carboxylic acids is 1. The lowest BCUT2D eigenvalue weighted by Gasteiger charge is -2.07. The van der Waals surface area contributed by atoms with Crippen molar-refractivity contribution in [3.63, 3.8) is 0 Å². The number of benzene rings is 1. The van der Waals surface area contributed by atoms with Crippen LogP contribution in [0.5, 0.6) is 0 Å². The average Bonchev–Trinajstić information content (AvgIpc) is 2.89. The Morgan fingerprint density at radius 1 is 1.12 bits per heavy atom. The van der Waals surface area contributed by atoms with Gasteiger partial charge in [0.2, 0.25) is 5.95 Å². The number of aromatic nitrogens is 3. The first-order valence-corrected chi connectivity index (χ1v) is 8.13. The van der Waals surface area contributed by atoms with Crippen molar-refractivity contribution in [1.29, 1.82) is 0 Å². The molecule has 0 amide bonds. The Bertz CT molecular complexity index is 900. The lowest BCUT2D eigenvalue weighted by molar-refractivity contribution is 0.0701. The molecule has 0 spiro atoms. The highest BCUT2D eigenvalue weighted by atomic mass is 32.1. The summed E-state index contributed by atoms with van der Waals surface area (Å²) in [7, 11) is 0. The van der Waals surface area contributed by atoms with E-state index in [0.717, 1.165) is 28.2 Å². The summed E-state index contributed by atoms with van der Waals surface area (Å²) in [5.41, 5.74) is 4.29. The van der Waals surface area contributed by atoms with Crippen molar-refractivity contribution >= 4 is 28.9 Å². The fourth-order valence-corrected chi connectivity index (χ4v) is 3.29. The van der Waals surface area contributed by atoms with Crippen LogP contribution in [0.4, 0.5) is 11.6 Å². The fraction of sp³-hybridized carbons (Fsp3) is 0.176. The van der Waals surface area contributed by atoms with Crippen LogP contribution in [0.15, 0.2) is 30.5 Å². The van der Waals surface area contributed by atoms with Gasteiger partial charge in [0.15, 0.2) is 0 Å². The van der Waals surface area contributed by atoms with E-state index in [-0.39, 0.29) is 4.88 Å². The number of aromatic carboxylic acids is 1. The molecule has 0 saturated carbocycles. The molecule has 0 bridgehead atoms. The van der Waals surface area contributed by atoms with Crippen LogP contribution in [0.1, 0.15) is 26.5 Å². The molecular formula is C17H16N4O2S. The monoisotopic (exact) mass is 340 g/mol. The van der Waals surface area contributed by atoms with Crippen LogP contribution < -0.4 is 5.32 Å². The van der Waals surface area contributed by atoms with Gasteiger partial charge in [0.1, 0.15) is 15.6 Å². The summed E-state index contributed by atoms with van der Waals surface area (Å²) < 4.78 is 0. The predicted octanol–water partition coefficient (Wildman–Crippen LogP) is 3.97. The quantitative estimate of drug-likeness (QED) is 0.747. The number of rotatable bonds is 4. The number of carbonyl (C=O) groups is 1. The second-order valence-corrected chi connectivity index (χ2v) is 6.50. The van der Waals surface area contributed by atoms with Gasteiger partial charge in [-0.25, -0.2) is 19.7 Å². The molecule has 0 fully saturated rings. The van der Waals surface area contributed by atoms with Crippen molar-refractivity contribution in [2.24, 2.45) is 0 Å². The number of aryl methyl sites for hydroxylation is 3. The molecule has 7 heteroatoms. The second kappa shape index (κ2) is 6.37. The number of thiazole rings is 1. The molecule has 0 saturated heterocycles. The van der Waals surface area contributed by atoms with E-state index in [1.165, 1.54) is 0 Å². The van der Waals surface area contributed by atoms with E-state index in [9.17, 15) is 4.79 Å². The minimum Gasteiger partial charge on any atom is -0.477 e. The van der Waals surface area contributed by atoms with Gasteiger partial charge in [-0.1, -0.05) is 6.07 Å². The molecule has 6 nitrogen and oxygen atoms in total. The van der Waals surface area contributed by atoms with Crippen molar-refractivity contribution in [1.82, 2.24) is 15.0 Å². The lowest BCUT2D eigenvalue weighted by Crippen LogP contribution is -1.98. The van der Waals surface area contributed by atoms with Gasteiger partial charge in [-0.15, -0.1) is 11.3 Å². The maximum absolute atomic E-state index is 11.2. The molecule has 24 heavy (non-hydrogen) atoms. The molecule has 122 valence electrons. The van der Waals surface area contributed by atoms with Crippen LogP contribution in [0, 0.1) is 20.8 Å². The number of carboxylic acid groups (broad SMARTS) is 1. The normalized spacial score (nSPS) is 10.6. The van der Waals surface area contributed by atoms with E-state index in [4.69, 9.17) is 5.11 Å². The van der Waals surface area contributed by atoms with Gasteiger partial charge < -0.3 is 10.4 Å². The number of nitrogens with zero attached hydrogens (tertiary/aromatic N) is 3. The first-order chi connectivity index (χ1) is 11.4. The Balaban J connectivity index is 1.91. The zero-order valence-corrected chi connectivity index (χ0v) is 14.3. The molecule has 0 aliphatic carbocycles. The highest BCUT2D eigenvalue weighted by Crippen LogP contribution is 2.27. The molecule has 2 heterocycles. The van der Waals surface area contributed by atoms with Crippen molar-refractivity contribution in [3.05, 3.63) is 52.2 Å². The molecule has 0 aliphatic heterocycles. The van der Waals surface area contributed by atoms with E-state index in [2.05, 4.69) is 26.3 Å². The first-order valence-electron chi connectivity index (χ1n) is 7.32. The van der Waals surface area contributed by atoms with Gasteiger partial charge >= 0.3 is 5.97 Å².